The molecule has 2 aromatic rings. The topological polar surface area (TPSA) is 93.1 Å². The summed E-state index contributed by atoms with van der Waals surface area (Å²) in [5.74, 6) is -1.50. The molecule has 0 spiro atoms. The summed E-state index contributed by atoms with van der Waals surface area (Å²) >= 11 is 0. The van der Waals surface area contributed by atoms with Gasteiger partial charge in [-0.1, -0.05) is 48.5 Å². The van der Waals surface area contributed by atoms with Crippen LogP contribution in [0.5, 0.6) is 0 Å². The first-order chi connectivity index (χ1) is 15.1. The fraction of sp³-hybridized carbons (Fsp3) is 0.400. The lowest BCUT2D eigenvalue weighted by Gasteiger charge is -2.36. The number of nitrogens with zero attached hydrogens (tertiary/aromatic N) is 1. The van der Waals surface area contributed by atoms with Gasteiger partial charge in [0.25, 0.3) is 0 Å². The molecule has 32 heavy (non-hydrogen) atoms. The summed E-state index contributed by atoms with van der Waals surface area (Å²) in [6.45, 7) is 5.31. The second-order valence-electron chi connectivity index (χ2n) is 8.83. The molecule has 0 aromatic heterocycles. The van der Waals surface area contributed by atoms with Crippen molar-refractivity contribution < 1.29 is 29.0 Å². The van der Waals surface area contributed by atoms with Gasteiger partial charge in [0.1, 0.15) is 5.60 Å². The number of carbonyl (C=O) groups is 3. The number of fused-ring (bicyclic) bond motifs is 3. The summed E-state index contributed by atoms with van der Waals surface area (Å²) in [7, 11) is 1.27. The van der Waals surface area contributed by atoms with Crippen LogP contribution in [0.1, 0.15) is 57.2 Å². The fourth-order valence-corrected chi connectivity index (χ4v) is 4.22. The van der Waals surface area contributed by atoms with Gasteiger partial charge in [-0.2, -0.15) is 0 Å². The number of benzene rings is 2. The molecule has 0 saturated heterocycles. The molecule has 7 nitrogen and oxygen atoms in total. The largest absolute Gasteiger partial charge is 0.481 e. The first-order valence-electron chi connectivity index (χ1n) is 10.6. The molecule has 1 atom stereocenters. The van der Waals surface area contributed by atoms with Crippen LogP contribution in [0.15, 0.2) is 48.5 Å². The lowest BCUT2D eigenvalue weighted by Crippen LogP contribution is -2.44. The number of hydrogen-bond acceptors (Lipinski definition) is 5. The number of hydrogen-bond donors (Lipinski definition) is 1. The summed E-state index contributed by atoms with van der Waals surface area (Å²) in [6, 6.07) is 14.2. The van der Waals surface area contributed by atoms with Gasteiger partial charge in [-0.3, -0.25) is 14.5 Å². The van der Waals surface area contributed by atoms with Gasteiger partial charge >= 0.3 is 18.0 Å². The van der Waals surface area contributed by atoms with Crippen LogP contribution in [-0.2, 0) is 19.1 Å². The lowest BCUT2D eigenvalue weighted by molar-refractivity contribution is -0.155. The van der Waals surface area contributed by atoms with Gasteiger partial charge in [0.2, 0.25) is 0 Å². The Kier molecular flexibility index (Phi) is 6.87. The van der Waals surface area contributed by atoms with E-state index in [0.717, 1.165) is 22.3 Å². The van der Waals surface area contributed by atoms with E-state index in [1.807, 2.05) is 48.5 Å². The number of aliphatic carboxylic acids is 1. The van der Waals surface area contributed by atoms with Crippen molar-refractivity contribution in [1.82, 2.24) is 4.90 Å². The van der Waals surface area contributed by atoms with E-state index in [0.29, 0.717) is 0 Å². The monoisotopic (exact) mass is 439 g/mol. The maximum absolute atomic E-state index is 13.0. The molecular formula is C25H29NO6. The van der Waals surface area contributed by atoms with E-state index in [1.54, 1.807) is 20.8 Å². The van der Waals surface area contributed by atoms with E-state index in [1.165, 1.54) is 12.0 Å². The third kappa shape index (κ3) is 5.10. The van der Waals surface area contributed by atoms with Crippen LogP contribution in [0, 0.1) is 0 Å². The maximum atomic E-state index is 13.0. The molecule has 0 heterocycles. The molecule has 0 aliphatic heterocycles. The lowest BCUT2D eigenvalue weighted by atomic mass is 9.98. The van der Waals surface area contributed by atoms with Gasteiger partial charge in [0.05, 0.1) is 19.6 Å². The fourth-order valence-electron chi connectivity index (χ4n) is 4.22. The maximum Gasteiger partial charge on any atom is 0.410 e. The van der Waals surface area contributed by atoms with Crippen LogP contribution >= 0.6 is 0 Å². The smallest absolute Gasteiger partial charge is 0.410 e. The van der Waals surface area contributed by atoms with Crippen LogP contribution in [0.4, 0.5) is 4.79 Å². The molecule has 170 valence electrons. The molecule has 1 aliphatic rings. The Morgan fingerprint density at radius 1 is 1.00 bits per heavy atom. The molecule has 1 aliphatic carbocycles. The van der Waals surface area contributed by atoms with Gasteiger partial charge in [0, 0.05) is 12.5 Å². The Hall–Kier alpha value is -3.35. The molecule has 0 radical (unpaired) electrons. The van der Waals surface area contributed by atoms with Crippen molar-refractivity contribution in [2.75, 3.05) is 7.11 Å². The highest BCUT2D eigenvalue weighted by molar-refractivity contribution is 5.82. The zero-order valence-electron chi connectivity index (χ0n) is 18.8. The summed E-state index contributed by atoms with van der Waals surface area (Å²) in [6.07, 6.45) is -0.842. The Morgan fingerprint density at radius 2 is 1.53 bits per heavy atom. The van der Waals surface area contributed by atoms with Gasteiger partial charge in [-0.25, -0.2) is 4.79 Å². The summed E-state index contributed by atoms with van der Waals surface area (Å²) in [4.78, 5) is 38.5. The van der Waals surface area contributed by atoms with E-state index in [-0.39, 0.29) is 19.3 Å². The minimum absolute atomic E-state index is 0.0152. The molecule has 1 N–H and O–H groups in total. The Bertz CT molecular complexity index is 964. The summed E-state index contributed by atoms with van der Waals surface area (Å²) in [5.41, 5.74) is 3.12. The molecule has 0 unspecified atom stereocenters. The van der Waals surface area contributed by atoms with Gasteiger partial charge in [-0.05, 0) is 49.4 Å². The normalized spacial score (nSPS) is 13.6. The van der Waals surface area contributed by atoms with Gasteiger partial charge in [-0.15, -0.1) is 0 Å². The predicted molar refractivity (Wildman–Crippen MR) is 119 cm³/mol. The third-order valence-corrected chi connectivity index (χ3v) is 5.37. The minimum atomic E-state index is -1.06. The molecule has 0 fully saturated rings. The molecule has 2 aromatic carbocycles. The third-order valence-electron chi connectivity index (χ3n) is 5.37. The van der Waals surface area contributed by atoms with Crippen molar-refractivity contribution in [1.29, 1.82) is 0 Å². The van der Waals surface area contributed by atoms with E-state index in [2.05, 4.69) is 0 Å². The number of ether oxygens (including phenoxy) is 2. The molecule has 0 saturated carbocycles. The summed E-state index contributed by atoms with van der Waals surface area (Å²) in [5, 5.41) is 9.58. The number of rotatable bonds is 7. The van der Waals surface area contributed by atoms with Gasteiger partial charge in [0.15, 0.2) is 0 Å². The average molecular weight is 440 g/mol. The highest BCUT2D eigenvalue weighted by atomic mass is 16.6. The SMILES string of the molecule is COC(=O)N(C1c2ccccc2-c2ccccc21)[C@H](CCC(=O)OC(C)(C)C)CC(=O)O. The average Bonchev–Trinajstić information content (AvgIpc) is 3.05. The highest BCUT2D eigenvalue weighted by Crippen LogP contribution is 2.47. The van der Waals surface area contributed by atoms with Crippen molar-refractivity contribution in [2.45, 2.75) is 57.7 Å². The van der Waals surface area contributed by atoms with E-state index in [9.17, 15) is 19.5 Å². The molecular weight excluding hydrogens is 410 g/mol. The van der Waals surface area contributed by atoms with Crippen molar-refractivity contribution >= 4 is 18.0 Å². The number of carboxylic acid groups (broad SMARTS) is 1. The van der Waals surface area contributed by atoms with E-state index >= 15 is 0 Å². The van der Waals surface area contributed by atoms with Crippen molar-refractivity contribution in [3.8, 4) is 11.1 Å². The number of carbonyl (C=O) groups excluding carboxylic acids is 2. The predicted octanol–water partition coefficient (Wildman–Crippen LogP) is 4.79. The minimum Gasteiger partial charge on any atom is -0.481 e. The molecule has 7 heteroatoms. The second-order valence-corrected chi connectivity index (χ2v) is 8.83. The zero-order chi connectivity index (χ0) is 23.5. The van der Waals surface area contributed by atoms with Gasteiger partial charge < -0.3 is 14.6 Å². The summed E-state index contributed by atoms with van der Waals surface area (Å²) < 4.78 is 10.5. The highest BCUT2D eigenvalue weighted by Gasteiger charge is 2.40. The number of carboxylic acids is 1. The number of methoxy groups -OCH3 is 1. The second kappa shape index (κ2) is 9.42. The van der Waals surface area contributed by atoms with Crippen molar-refractivity contribution in [3.63, 3.8) is 0 Å². The van der Waals surface area contributed by atoms with Crippen LogP contribution in [0.25, 0.3) is 11.1 Å². The van der Waals surface area contributed by atoms with Crippen LogP contribution in [0.3, 0.4) is 0 Å². The first-order valence-corrected chi connectivity index (χ1v) is 10.6. The molecule has 0 bridgehead atoms. The van der Waals surface area contributed by atoms with Crippen molar-refractivity contribution in [2.24, 2.45) is 0 Å². The zero-order valence-corrected chi connectivity index (χ0v) is 18.8. The Labute approximate surface area is 187 Å². The van der Waals surface area contributed by atoms with E-state index in [4.69, 9.17) is 9.47 Å². The quantitative estimate of drug-likeness (QED) is 0.624. The first kappa shape index (κ1) is 23.3. The van der Waals surface area contributed by atoms with Crippen LogP contribution < -0.4 is 0 Å². The molecule has 1 amide bonds. The van der Waals surface area contributed by atoms with Crippen LogP contribution in [-0.4, -0.2) is 46.8 Å². The van der Waals surface area contributed by atoms with Crippen molar-refractivity contribution in [3.05, 3.63) is 59.7 Å². The molecule has 3 rings (SSSR count). The van der Waals surface area contributed by atoms with E-state index < -0.39 is 35.7 Å². The number of esters is 1. The standard InChI is InChI=1S/C25H29NO6/c1-25(2,3)32-22(29)14-13-16(15-21(27)28)26(24(30)31-4)23-19-11-7-5-9-17(19)18-10-6-8-12-20(18)23/h5-12,16,23H,13-15H2,1-4H3,(H,27,28)/t16-/m1/s1. The number of amides is 1. The van der Waals surface area contributed by atoms with Crippen LogP contribution in [0.2, 0.25) is 0 Å². The Morgan fingerprint density at radius 3 is 2.00 bits per heavy atom. The Balaban J connectivity index is 2.00.